The SMILES string of the molecule is COc1cc(CN(Cc2ccco2)C(=O)[C@@H]2CCCN2C(N)=O)cc(OC)c1OC. The molecule has 9 nitrogen and oxygen atoms in total. The Hall–Kier alpha value is -3.36. The molecule has 1 aromatic carbocycles. The van der Waals surface area contributed by atoms with Gasteiger partial charge in [-0.05, 0) is 42.7 Å². The third-order valence-electron chi connectivity index (χ3n) is 5.16. The monoisotopic (exact) mass is 417 g/mol. The quantitative estimate of drug-likeness (QED) is 0.707. The van der Waals surface area contributed by atoms with Crippen molar-refractivity contribution in [2.45, 2.75) is 32.0 Å². The number of nitrogens with zero attached hydrogens (tertiary/aromatic N) is 2. The lowest BCUT2D eigenvalue weighted by atomic mass is 10.1. The van der Waals surface area contributed by atoms with Crippen LogP contribution in [0.3, 0.4) is 0 Å². The molecule has 3 amide bonds. The molecule has 0 aliphatic carbocycles. The number of furan rings is 1. The minimum absolute atomic E-state index is 0.184. The van der Waals surface area contributed by atoms with Crippen molar-refractivity contribution in [1.82, 2.24) is 9.80 Å². The molecule has 9 heteroatoms. The fourth-order valence-electron chi connectivity index (χ4n) is 3.75. The fourth-order valence-corrected chi connectivity index (χ4v) is 3.75. The second-order valence-electron chi connectivity index (χ2n) is 7.00. The van der Waals surface area contributed by atoms with E-state index in [2.05, 4.69) is 0 Å². The highest BCUT2D eigenvalue weighted by Crippen LogP contribution is 2.38. The van der Waals surface area contributed by atoms with E-state index in [4.69, 9.17) is 24.4 Å². The van der Waals surface area contributed by atoms with Crippen LogP contribution >= 0.6 is 0 Å². The summed E-state index contributed by atoms with van der Waals surface area (Å²) < 4.78 is 21.7. The van der Waals surface area contributed by atoms with Gasteiger partial charge in [-0.2, -0.15) is 0 Å². The number of likely N-dealkylation sites (tertiary alicyclic amines) is 1. The van der Waals surface area contributed by atoms with Crippen molar-refractivity contribution >= 4 is 11.9 Å². The van der Waals surface area contributed by atoms with Crippen molar-refractivity contribution in [1.29, 1.82) is 0 Å². The molecule has 30 heavy (non-hydrogen) atoms. The molecule has 1 aliphatic heterocycles. The summed E-state index contributed by atoms with van der Waals surface area (Å²) >= 11 is 0. The fraction of sp³-hybridized carbons (Fsp3) is 0.429. The Morgan fingerprint density at radius 1 is 1.17 bits per heavy atom. The van der Waals surface area contributed by atoms with Crippen LogP contribution in [0.2, 0.25) is 0 Å². The number of benzene rings is 1. The largest absolute Gasteiger partial charge is 0.493 e. The van der Waals surface area contributed by atoms with E-state index in [0.717, 1.165) is 12.0 Å². The minimum Gasteiger partial charge on any atom is -0.493 e. The molecule has 1 aromatic heterocycles. The van der Waals surface area contributed by atoms with E-state index in [9.17, 15) is 9.59 Å². The smallest absolute Gasteiger partial charge is 0.315 e. The molecule has 0 unspecified atom stereocenters. The summed E-state index contributed by atoms with van der Waals surface area (Å²) in [5.74, 6) is 1.92. The standard InChI is InChI=1S/C21H27N3O6/c1-27-17-10-14(11-18(28-2)19(17)29-3)12-23(13-15-6-5-9-30-15)20(25)16-7-4-8-24(16)21(22)26/h5-6,9-11,16H,4,7-8,12-13H2,1-3H3,(H2,22,26)/t16-/m0/s1. The highest BCUT2D eigenvalue weighted by Gasteiger charge is 2.36. The lowest BCUT2D eigenvalue weighted by Gasteiger charge is -2.29. The van der Waals surface area contributed by atoms with Gasteiger partial charge in [0.1, 0.15) is 11.8 Å². The number of carbonyl (C=O) groups is 2. The Kier molecular flexibility index (Phi) is 6.71. The van der Waals surface area contributed by atoms with Crippen LogP contribution in [0, 0.1) is 0 Å². The van der Waals surface area contributed by atoms with E-state index in [1.54, 1.807) is 35.4 Å². The van der Waals surface area contributed by atoms with Crippen molar-refractivity contribution < 1.29 is 28.2 Å². The van der Waals surface area contributed by atoms with Crippen molar-refractivity contribution in [3.8, 4) is 17.2 Å². The summed E-state index contributed by atoms with van der Waals surface area (Å²) in [7, 11) is 4.61. The van der Waals surface area contributed by atoms with Crippen molar-refractivity contribution in [3.05, 3.63) is 41.9 Å². The maximum Gasteiger partial charge on any atom is 0.315 e. The molecule has 0 bridgehead atoms. The number of ether oxygens (including phenoxy) is 3. The Morgan fingerprint density at radius 2 is 1.87 bits per heavy atom. The van der Waals surface area contributed by atoms with E-state index < -0.39 is 12.1 Å². The number of hydrogen-bond acceptors (Lipinski definition) is 6. The third-order valence-corrected chi connectivity index (χ3v) is 5.16. The maximum atomic E-state index is 13.4. The van der Waals surface area contributed by atoms with E-state index in [-0.39, 0.29) is 19.0 Å². The molecule has 0 radical (unpaired) electrons. The van der Waals surface area contributed by atoms with Gasteiger partial charge in [-0.25, -0.2) is 4.79 Å². The second kappa shape index (κ2) is 9.43. The summed E-state index contributed by atoms with van der Waals surface area (Å²) in [4.78, 5) is 28.2. The van der Waals surface area contributed by atoms with Gasteiger partial charge in [-0.1, -0.05) is 0 Å². The predicted molar refractivity (Wildman–Crippen MR) is 108 cm³/mol. The Labute approximate surface area is 175 Å². The van der Waals surface area contributed by atoms with Crippen LogP contribution in [0.25, 0.3) is 0 Å². The zero-order valence-corrected chi connectivity index (χ0v) is 17.4. The molecule has 0 spiro atoms. The number of urea groups is 1. The first-order valence-electron chi connectivity index (χ1n) is 9.64. The van der Waals surface area contributed by atoms with Gasteiger partial charge in [0.05, 0.1) is 34.1 Å². The number of amides is 3. The van der Waals surface area contributed by atoms with Gasteiger partial charge in [-0.3, -0.25) is 4.79 Å². The average Bonchev–Trinajstić information content (AvgIpc) is 3.44. The number of hydrogen-bond donors (Lipinski definition) is 1. The molecule has 1 fully saturated rings. The van der Waals surface area contributed by atoms with Crippen molar-refractivity contribution in [2.24, 2.45) is 5.73 Å². The number of primary amides is 1. The normalized spacial score (nSPS) is 15.7. The summed E-state index contributed by atoms with van der Waals surface area (Å²) in [6, 6.07) is 5.99. The van der Waals surface area contributed by atoms with Crippen LogP contribution in [-0.2, 0) is 17.9 Å². The van der Waals surface area contributed by atoms with Crippen molar-refractivity contribution in [3.63, 3.8) is 0 Å². The summed E-state index contributed by atoms with van der Waals surface area (Å²) in [5.41, 5.74) is 6.26. The van der Waals surface area contributed by atoms with Gasteiger partial charge >= 0.3 is 6.03 Å². The zero-order chi connectivity index (χ0) is 21.7. The van der Waals surface area contributed by atoms with E-state index in [1.165, 1.54) is 26.2 Å². The highest BCUT2D eigenvalue weighted by atomic mass is 16.5. The van der Waals surface area contributed by atoms with Gasteiger partial charge in [0, 0.05) is 13.1 Å². The third kappa shape index (κ3) is 4.45. The highest BCUT2D eigenvalue weighted by molar-refractivity contribution is 5.87. The number of rotatable bonds is 8. The first kappa shape index (κ1) is 21.4. The lowest BCUT2D eigenvalue weighted by Crippen LogP contribution is -2.49. The molecule has 162 valence electrons. The molecule has 1 saturated heterocycles. The Bertz CT molecular complexity index is 858. The van der Waals surface area contributed by atoms with Crippen LogP contribution in [-0.4, -0.2) is 55.7 Å². The number of methoxy groups -OCH3 is 3. The van der Waals surface area contributed by atoms with E-state index in [1.807, 2.05) is 0 Å². The summed E-state index contributed by atoms with van der Waals surface area (Å²) in [6.45, 7) is 0.995. The summed E-state index contributed by atoms with van der Waals surface area (Å²) in [6.07, 6.45) is 2.87. The van der Waals surface area contributed by atoms with Crippen LogP contribution < -0.4 is 19.9 Å². The molecule has 2 N–H and O–H groups in total. The average molecular weight is 417 g/mol. The predicted octanol–water partition coefficient (Wildman–Crippen LogP) is 2.38. The van der Waals surface area contributed by atoms with Crippen LogP contribution in [0.5, 0.6) is 17.2 Å². The molecule has 2 heterocycles. The molecule has 1 atom stereocenters. The number of carbonyl (C=O) groups excluding carboxylic acids is 2. The number of nitrogens with two attached hydrogens (primary N) is 1. The maximum absolute atomic E-state index is 13.4. The Morgan fingerprint density at radius 3 is 2.40 bits per heavy atom. The van der Waals surface area contributed by atoms with Gasteiger partial charge in [-0.15, -0.1) is 0 Å². The first-order chi connectivity index (χ1) is 14.5. The second-order valence-corrected chi connectivity index (χ2v) is 7.00. The van der Waals surface area contributed by atoms with Crippen LogP contribution in [0.4, 0.5) is 4.79 Å². The first-order valence-corrected chi connectivity index (χ1v) is 9.64. The molecule has 3 rings (SSSR count). The zero-order valence-electron chi connectivity index (χ0n) is 17.4. The topological polar surface area (TPSA) is 107 Å². The molecular weight excluding hydrogens is 390 g/mol. The Balaban J connectivity index is 1.91. The lowest BCUT2D eigenvalue weighted by molar-refractivity contribution is -0.136. The molecule has 0 saturated carbocycles. The summed E-state index contributed by atoms with van der Waals surface area (Å²) in [5, 5.41) is 0. The van der Waals surface area contributed by atoms with Gasteiger partial charge in [0.25, 0.3) is 0 Å². The van der Waals surface area contributed by atoms with Gasteiger partial charge in [0.2, 0.25) is 11.7 Å². The molecular formula is C21H27N3O6. The van der Waals surface area contributed by atoms with Gasteiger partial charge < -0.3 is 34.2 Å². The van der Waals surface area contributed by atoms with E-state index >= 15 is 0 Å². The minimum atomic E-state index is -0.586. The van der Waals surface area contributed by atoms with Crippen LogP contribution in [0.1, 0.15) is 24.2 Å². The van der Waals surface area contributed by atoms with Crippen LogP contribution in [0.15, 0.2) is 34.9 Å². The molecule has 1 aliphatic rings. The van der Waals surface area contributed by atoms with Gasteiger partial charge in [0.15, 0.2) is 11.5 Å². The molecule has 2 aromatic rings. The van der Waals surface area contributed by atoms with E-state index in [0.29, 0.717) is 36.0 Å². The van der Waals surface area contributed by atoms with Crippen molar-refractivity contribution in [2.75, 3.05) is 27.9 Å².